The van der Waals surface area contributed by atoms with Crippen molar-refractivity contribution in [2.45, 2.75) is 18.5 Å². The predicted molar refractivity (Wildman–Crippen MR) is 102 cm³/mol. The molecule has 134 valence electrons. The molecule has 0 saturated carbocycles. The van der Waals surface area contributed by atoms with Crippen molar-refractivity contribution >= 4 is 11.9 Å². The number of amides is 1. The monoisotopic (exact) mass is 357 g/mol. The summed E-state index contributed by atoms with van der Waals surface area (Å²) in [6.45, 7) is 0.358. The number of benzene rings is 3. The lowest BCUT2D eigenvalue weighted by Crippen LogP contribution is -2.44. The highest BCUT2D eigenvalue weighted by molar-refractivity contribution is 6.00. The lowest BCUT2D eigenvalue weighted by Gasteiger charge is -2.41. The molecule has 4 heteroatoms. The van der Waals surface area contributed by atoms with Gasteiger partial charge in [-0.25, -0.2) is 0 Å². The van der Waals surface area contributed by atoms with Crippen LogP contribution >= 0.6 is 0 Å². The van der Waals surface area contributed by atoms with Crippen molar-refractivity contribution in [1.82, 2.24) is 4.90 Å². The zero-order valence-corrected chi connectivity index (χ0v) is 14.7. The minimum atomic E-state index is -0.929. The predicted octanol–water partition coefficient (Wildman–Crippen LogP) is 4.25. The second-order valence-electron chi connectivity index (χ2n) is 6.68. The molecule has 1 aliphatic rings. The van der Waals surface area contributed by atoms with Crippen LogP contribution in [-0.2, 0) is 11.3 Å². The second-order valence-corrected chi connectivity index (χ2v) is 6.68. The van der Waals surface area contributed by atoms with E-state index in [0.717, 1.165) is 11.1 Å². The zero-order valence-electron chi connectivity index (χ0n) is 14.7. The number of nitrogens with zero attached hydrogens (tertiary/aromatic N) is 1. The Morgan fingerprint density at radius 1 is 0.852 bits per heavy atom. The third-order valence-corrected chi connectivity index (χ3v) is 5.04. The Bertz CT molecular complexity index is 969. The summed E-state index contributed by atoms with van der Waals surface area (Å²) >= 11 is 0. The van der Waals surface area contributed by atoms with E-state index in [1.807, 2.05) is 60.7 Å². The molecular weight excluding hydrogens is 338 g/mol. The van der Waals surface area contributed by atoms with Crippen molar-refractivity contribution in [3.8, 4) is 0 Å². The van der Waals surface area contributed by atoms with Crippen LogP contribution in [-0.4, -0.2) is 21.9 Å². The molecule has 0 aromatic heterocycles. The third-order valence-electron chi connectivity index (χ3n) is 5.04. The van der Waals surface area contributed by atoms with Crippen molar-refractivity contribution in [2.75, 3.05) is 0 Å². The van der Waals surface area contributed by atoms with Crippen LogP contribution in [0.15, 0.2) is 84.9 Å². The fraction of sp³-hybridized carbons (Fsp3) is 0.130. The van der Waals surface area contributed by atoms with Gasteiger partial charge < -0.3 is 10.0 Å². The SMILES string of the molecule is O=C(O)[C@H]1c2ccccc2C(=O)N(Cc2ccccc2)[C@H]1c1ccccc1. The first-order valence-corrected chi connectivity index (χ1v) is 8.88. The van der Waals surface area contributed by atoms with Crippen LogP contribution < -0.4 is 0 Å². The number of aliphatic carboxylic acids is 1. The van der Waals surface area contributed by atoms with E-state index in [0.29, 0.717) is 17.7 Å². The fourth-order valence-electron chi connectivity index (χ4n) is 3.83. The summed E-state index contributed by atoms with van der Waals surface area (Å²) in [6.07, 6.45) is 0. The number of carbonyl (C=O) groups is 2. The lowest BCUT2D eigenvalue weighted by molar-refractivity contribution is -0.140. The summed E-state index contributed by atoms with van der Waals surface area (Å²) in [5.74, 6) is -1.88. The molecule has 3 aromatic carbocycles. The van der Waals surface area contributed by atoms with Gasteiger partial charge in [0, 0.05) is 12.1 Å². The largest absolute Gasteiger partial charge is 0.481 e. The molecule has 0 unspecified atom stereocenters. The average Bonchev–Trinajstić information content (AvgIpc) is 2.71. The number of hydrogen-bond donors (Lipinski definition) is 1. The standard InChI is InChI=1S/C23H19NO3/c25-22-19-14-8-7-13-18(19)20(23(26)27)21(17-11-5-2-6-12-17)24(22)15-16-9-3-1-4-10-16/h1-14,20-21H,15H2,(H,26,27)/t20-,21-/m0/s1. The van der Waals surface area contributed by atoms with E-state index in [4.69, 9.17) is 0 Å². The van der Waals surface area contributed by atoms with Crippen molar-refractivity contribution in [3.63, 3.8) is 0 Å². The summed E-state index contributed by atoms with van der Waals surface area (Å²) in [5.41, 5.74) is 2.83. The Balaban J connectivity index is 1.88. The molecule has 1 heterocycles. The van der Waals surface area contributed by atoms with Crippen LogP contribution in [0.3, 0.4) is 0 Å². The summed E-state index contributed by atoms with van der Waals surface area (Å²) in [7, 11) is 0. The molecule has 0 saturated heterocycles. The van der Waals surface area contributed by atoms with Gasteiger partial charge in [0.1, 0.15) is 5.92 Å². The first-order chi connectivity index (χ1) is 13.2. The molecule has 1 amide bonds. The highest BCUT2D eigenvalue weighted by Gasteiger charge is 2.44. The van der Waals surface area contributed by atoms with E-state index >= 15 is 0 Å². The van der Waals surface area contributed by atoms with Gasteiger partial charge in [-0.1, -0.05) is 78.9 Å². The van der Waals surface area contributed by atoms with Gasteiger partial charge in [0.25, 0.3) is 5.91 Å². The Labute approximate surface area is 157 Å². The molecule has 0 spiro atoms. The lowest BCUT2D eigenvalue weighted by atomic mass is 9.79. The van der Waals surface area contributed by atoms with E-state index < -0.39 is 17.9 Å². The summed E-state index contributed by atoms with van der Waals surface area (Å²) in [6, 6.07) is 25.5. The Kier molecular flexibility index (Phi) is 4.47. The second kappa shape index (κ2) is 7.08. The topological polar surface area (TPSA) is 57.6 Å². The molecule has 3 aromatic rings. The molecule has 0 radical (unpaired) electrons. The molecular formula is C23H19NO3. The summed E-state index contributed by atoms with van der Waals surface area (Å²) in [5, 5.41) is 10.0. The van der Waals surface area contributed by atoms with Gasteiger partial charge >= 0.3 is 5.97 Å². The first kappa shape index (κ1) is 17.0. The van der Waals surface area contributed by atoms with Gasteiger partial charge in [0.15, 0.2) is 0 Å². The number of fused-ring (bicyclic) bond motifs is 1. The highest BCUT2D eigenvalue weighted by Crippen LogP contribution is 2.43. The number of carboxylic acids is 1. The zero-order chi connectivity index (χ0) is 18.8. The van der Waals surface area contributed by atoms with E-state index in [-0.39, 0.29) is 5.91 Å². The Morgan fingerprint density at radius 3 is 2.11 bits per heavy atom. The molecule has 2 atom stereocenters. The fourth-order valence-corrected chi connectivity index (χ4v) is 3.83. The maximum Gasteiger partial charge on any atom is 0.313 e. The average molecular weight is 357 g/mol. The Hall–Kier alpha value is -3.40. The van der Waals surface area contributed by atoms with Crippen molar-refractivity contribution in [2.24, 2.45) is 0 Å². The maximum atomic E-state index is 13.3. The van der Waals surface area contributed by atoms with Gasteiger partial charge in [-0.15, -0.1) is 0 Å². The van der Waals surface area contributed by atoms with E-state index in [1.165, 1.54) is 0 Å². The number of carbonyl (C=O) groups excluding carboxylic acids is 1. The maximum absolute atomic E-state index is 13.3. The number of carboxylic acid groups (broad SMARTS) is 1. The van der Waals surface area contributed by atoms with E-state index in [9.17, 15) is 14.7 Å². The van der Waals surface area contributed by atoms with Gasteiger partial charge in [-0.3, -0.25) is 9.59 Å². The van der Waals surface area contributed by atoms with Gasteiger partial charge in [0.05, 0.1) is 6.04 Å². The van der Waals surface area contributed by atoms with E-state index in [1.54, 1.807) is 29.2 Å². The molecule has 27 heavy (non-hydrogen) atoms. The molecule has 0 bridgehead atoms. The van der Waals surface area contributed by atoms with Crippen LogP contribution in [0.5, 0.6) is 0 Å². The number of rotatable bonds is 4. The van der Waals surface area contributed by atoms with Crippen molar-refractivity contribution in [3.05, 3.63) is 107 Å². The first-order valence-electron chi connectivity index (χ1n) is 8.88. The van der Waals surface area contributed by atoms with Gasteiger partial charge in [-0.2, -0.15) is 0 Å². The summed E-state index contributed by atoms with van der Waals surface area (Å²) in [4.78, 5) is 27.3. The molecule has 0 fully saturated rings. The quantitative estimate of drug-likeness (QED) is 0.759. The smallest absolute Gasteiger partial charge is 0.313 e. The highest BCUT2D eigenvalue weighted by atomic mass is 16.4. The van der Waals surface area contributed by atoms with Crippen molar-refractivity contribution < 1.29 is 14.7 Å². The van der Waals surface area contributed by atoms with Crippen LogP contribution in [0.4, 0.5) is 0 Å². The molecule has 4 rings (SSSR count). The summed E-state index contributed by atoms with van der Waals surface area (Å²) < 4.78 is 0. The number of hydrogen-bond acceptors (Lipinski definition) is 2. The van der Waals surface area contributed by atoms with Crippen molar-refractivity contribution in [1.29, 1.82) is 0 Å². The molecule has 0 aliphatic carbocycles. The van der Waals surface area contributed by atoms with Gasteiger partial charge in [0.2, 0.25) is 0 Å². The van der Waals surface area contributed by atoms with Gasteiger partial charge in [-0.05, 0) is 22.8 Å². The van der Waals surface area contributed by atoms with Crippen LogP contribution in [0.1, 0.15) is 39.0 Å². The molecule has 1 aliphatic heterocycles. The minimum Gasteiger partial charge on any atom is -0.481 e. The Morgan fingerprint density at radius 2 is 1.44 bits per heavy atom. The molecule has 4 nitrogen and oxygen atoms in total. The molecule has 1 N–H and O–H groups in total. The van der Waals surface area contributed by atoms with Crippen LogP contribution in [0, 0.1) is 0 Å². The van der Waals surface area contributed by atoms with E-state index in [2.05, 4.69) is 0 Å². The third kappa shape index (κ3) is 3.10. The normalized spacial score (nSPS) is 18.8. The minimum absolute atomic E-state index is 0.138. The van der Waals surface area contributed by atoms with Crippen LogP contribution in [0.25, 0.3) is 0 Å². The van der Waals surface area contributed by atoms with Crippen LogP contribution in [0.2, 0.25) is 0 Å².